The molecule has 2 rings (SSSR count). The molecule has 0 aliphatic heterocycles. The van der Waals surface area contributed by atoms with Crippen molar-refractivity contribution in [1.29, 1.82) is 0 Å². The van der Waals surface area contributed by atoms with Gasteiger partial charge in [-0.3, -0.25) is 0 Å². The summed E-state index contributed by atoms with van der Waals surface area (Å²) in [6, 6.07) is 7.91. The summed E-state index contributed by atoms with van der Waals surface area (Å²) in [4.78, 5) is 0. The Hall–Kier alpha value is -0.960. The first-order valence-electron chi connectivity index (χ1n) is 7.34. The van der Waals surface area contributed by atoms with Crippen molar-refractivity contribution in [2.75, 3.05) is 12.3 Å². The highest BCUT2D eigenvalue weighted by Crippen LogP contribution is 2.24. The second-order valence-electron chi connectivity index (χ2n) is 5.65. The molecule has 1 atom stereocenters. The van der Waals surface area contributed by atoms with Crippen LogP contribution >= 0.6 is 0 Å². The number of aryl methyl sites for hydroxylation is 1. The third-order valence-electron chi connectivity index (χ3n) is 3.90. The molecule has 0 bridgehead atoms. The van der Waals surface area contributed by atoms with Gasteiger partial charge in [-0.05, 0) is 43.2 Å². The van der Waals surface area contributed by atoms with Gasteiger partial charge in [0.05, 0.1) is 11.0 Å². The van der Waals surface area contributed by atoms with Gasteiger partial charge in [0.1, 0.15) is 0 Å². The molecule has 0 amide bonds. The van der Waals surface area contributed by atoms with E-state index in [0.717, 1.165) is 12.0 Å². The Labute approximate surface area is 132 Å². The summed E-state index contributed by atoms with van der Waals surface area (Å²) >= 11 is 0. The first kappa shape index (κ1) is 17.4. The van der Waals surface area contributed by atoms with Gasteiger partial charge in [-0.1, -0.05) is 24.3 Å². The van der Waals surface area contributed by atoms with Gasteiger partial charge in [0, 0.05) is 6.54 Å². The highest BCUT2D eigenvalue weighted by Gasteiger charge is 2.29. The third kappa shape index (κ3) is 5.05. The Bertz CT molecular complexity index is 714. The Balaban J connectivity index is 1.84. The third-order valence-corrected chi connectivity index (χ3v) is 6.64. The SMILES string of the molecule is NS(=O)(=O)CCCCNS(=O)(=O)C1CCc2ccccc2C1. The van der Waals surface area contributed by atoms with Crippen LogP contribution in [0.5, 0.6) is 0 Å². The lowest BCUT2D eigenvalue weighted by atomic mass is 9.92. The van der Waals surface area contributed by atoms with Crippen LogP contribution < -0.4 is 9.86 Å². The van der Waals surface area contributed by atoms with Crippen molar-refractivity contribution in [1.82, 2.24) is 4.72 Å². The Morgan fingerprint density at radius 2 is 1.77 bits per heavy atom. The second-order valence-corrected chi connectivity index (χ2v) is 9.43. The summed E-state index contributed by atoms with van der Waals surface area (Å²) < 4.78 is 48.8. The number of unbranched alkanes of at least 4 members (excludes halogenated alkanes) is 1. The molecular formula is C14H22N2O4S2. The van der Waals surface area contributed by atoms with Crippen molar-refractivity contribution >= 4 is 20.0 Å². The zero-order valence-corrected chi connectivity index (χ0v) is 14.0. The number of hydrogen-bond acceptors (Lipinski definition) is 4. The van der Waals surface area contributed by atoms with E-state index in [1.807, 2.05) is 24.3 Å². The molecule has 0 fully saturated rings. The van der Waals surface area contributed by atoms with E-state index < -0.39 is 25.3 Å². The summed E-state index contributed by atoms with van der Waals surface area (Å²) in [6.45, 7) is 0.246. The number of benzene rings is 1. The monoisotopic (exact) mass is 346 g/mol. The van der Waals surface area contributed by atoms with E-state index in [4.69, 9.17) is 5.14 Å². The molecular weight excluding hydrogens is 324 g/mol. The van der Waals surface area contributed by atoms with Crippen LogP contribution in [0.1, 0.15) is 30.4 Å². The largest absolute Gasteiger partial charge is 0.229 e. The first-order valence-corrected chi connectivity index (χ1v) is 10.6. The zero-order chi connectivity index (χ0) is 16.2. The van der Waals surface area contributed by atoms with E-state index in [2.05, 4.69) is 4.72 Å². The van der Waals surface area contributed by atoms with Crippen molar-refractivity contribution in [3.05, 3.63) is 35.4 Å². The molecule has 1 aromatic carbocycles. The lowest BCUT2D eigenvalue weighted by molar-refractivity contribution is 0.545. The fraction of sp³-hybridized carbons (Fsp3) is 0.571. The normalized spacial score (nSPS) is 18.9. The minimum Gasteiger partial charge on any atom is -0.229 e. The first-order chi connectivity index (χ1) is 10.3. The number of nitrogens with two attached hydrogens (primary N) is 1. The van der Waals surface area contributed by atoms with Crippen LogP contribution in [-0.4, -0.2) is 34.4 Å². The van der Waals surface area contributed by atoms with Crippen molar-refractivity contribution in [3.8, 4) is 0 Å². The molecule has 3 N–H and O–H groups in total. The van der Waals surface area contributed by atoms with Gasteiger partial charge < -0.3 is 0 Å². The molecule has 1 aliphatic rings. The van der Waals surface area contributed by atoms with Gasteiger partial charge in [-0.15, -0.1) is 0 Å². The van der Waals surface area contributed by atoms with Gasteiger partial charge in [-0.25, -0.2) is 26.7 Å². The molecule has 1 unspecified atom stereocenters. The predicted octanol–water partition coefficient (Wildman–Crippen LogP) is 0.532. The average molecular weight is 346 g/mol. The van der Waals surface area contributed by atoms with Crippen LogP contribution in [0, 0.1) is 0 Å². The summed E-state index contributed by atoms with van der Waals surface area (Å²) in [5, 5.41) is 4.48. The molecule has 6 nitrogen and oxygen atoms in total. The Morgan fingerprint density at radius 1 is 1.09 bits per heavy atom. The topological polar surface area (TPSA) is 106 Å². The van der Waals surface area contributed by atoms with E-state index in [1.54, 1.807) is 0 Å². The molecule has 0 heterocycles. The van der Waals surface area contributed by atoms with Crippen LogP contribution in [0.3, 0.4) is 0 Å². The molecule has 22 heavy (non-hydrogen) atoms. The molecule has 0 saturated heterocycles. The van der Waals surface area contributed by atoms with Crippen LogP contribution in [0.2, 0.25) is 0 Å². The minimum absolute atomic E-state index is 0.120. The summed E-state index contributed by atoms with van der Waals surface area (Å²) in [7, 11) is -6.84. The lowest BCUT2D eigenvalue weighted by Crippen LogP contribution is -2.38. The lowest BCUT2D eigenvalue weighted by Gasteiger charge is -2.24. The Kier molecular flexibility index (Phi) is 5.60. The van der Waals surface area contributed by atoms with Gasteiger partial charge in [0.2, 0.25) is 20.0 Å². The molecule has 0 radical (unpaired) electrons. The predicted molar refractivity (Wildman–Crippen MR) is 86.4 cm³/mol. The molecule has 1 aromatic rings. The Morgan fingerprint density at radius 3 is 2.45 bits per heavy atom. The number of sulfonamides is 2. The molecule has 1 aliphatic carbocycles. The summed E-state index contributed by atoms with van der Waals surface area (Å²) in [5.41, 5.74) is 2.32. The minimum atomic E-state index is -3.47. The fourth-order valence-electron chi connectivity index (χ4n) is 2.69. The molecule has 8 heteroatoms. The van der Waals surface area contributed by atoms with Crippen molar-refractivity contribution in [2.45, 2.75) is 37.4 Å². The maximum atomic E-state index is 12.3. The number of primary sulfonamides is 1. The van der Waals surface area contributed by atoms with Crippen molar-refractivity contribution < 1.29 is 16.8 Å². The van der Waals surface area contributed by atoms with Crippen LogP contribution in [0.15, 0.2) is 24.3 Å². The van der Waals surface area contributed by atoms with E-state index in [9.17, 15) is 16.8 Å². The van der Waals surface area contributed by atoms with Crippen LogP contribution in [0.4, 0.5) is 0 Å². The summed E-state index contributed by atoms with van der Waals surface area (Å²) in [5.74, 6) is -0.120. The quantitative estimate of drug-likeness (QED) is 0.702. The van der Waals surface area contributed by atoms with Crippen LogP contribution in [0.25, 0.3) is 0 Å². The number of fused-ring (bicyclic) bond motifs is 1. The highest BCUT2D eigenvalue weighted by atomic mass is 32.2. The average Bonchev–Trinajstić information content (AvgIpc) is 2.45. The van der Waals surface area contributed by atoms with Gasteiger partial charge >= 0.3 is 0 Å². The summed E-state index contributed by atoms with van der Waals surface area (Å²) in [6.07, 6.45) is 2.73. The van der Waals surface area contributed by atoms with Gasteiger partial charge in [-0.2, -0.15) is 0 Å². The van der Waals surface area contributed by atoms with E-state index in [-0.39, 0.29) is 12.3 Å². The van der Waals surface area contributed by atoms with Crippen molar-refractivity contribution in [2.24, 2.45) is 5.14 Å². The van der Waals surface area contributed by atoms with Crippen LogP contribution in [-0.2, 0) is 32.9 Å². The maximum Gasteiger partial charge on any atom is 0.214 e. The van der Waals surface area contributed by atoms with E-state index in [0.29, 0.717) is 25.7 Å². The maximum absolute atomic E-state index is 12.3. The fourth-order valence-corrected chi connectivity index (χ4v) is 4.79. The molecule has 0 saturated carbocycles. The number of hydrogen-bond donors (Lipinski definition) is 2. The van der Waals surface area contributed by atoms with E-state index in [1.165, 1.54) is 5.56 Å². The smallest absolute Gasteiger partial charge is 0.214 e. The zero-order valence-electron chi connectivity index (χ0n) is 12.4. The second kappa shape index (κ2) is 7.08. The van der Waals surface area contributed by atoms with Gasteiger partial charge in [0.25, 0.3) is 0 Å². The molecule has 124 valence electrons. The number of nitrogens with one attached hydrogen (secondary N) is 1. The number of rotatable bonds is 7. The van der Waals surface area contributed by atoms with Crippen molar-refractivity contribution in [3.63, 3.8) is 0 Å². The van der Waals surface area contributed by atoms with E-state index >= 15 is 0 Å². The standard InChI is InChI=1S/C14H22N2O4S2/c15-21(17,18)10-4-3-9-16-22(19,20)14-8-7-12-5-1-2-6-13(12)11-14/h1-2,5-6,14,16H,3-4,7-11H2,(H2,15,17,18). The molecule has 0 aromatic heterocycles. The van der Waals surface area contributed by atoms with Gasteiger partial charge in [0.15, 0.2) is 0 Å². The highest BCUT2D eigenvalue weighted by molar-refractivity contribution is 7.90. The molecule has 0 spiro atoms.